The summed E-state index contributed by atoms with van der Waals surface area (Å²) in [6.45, 7) is 3.63. The molecule has 0 unspecified atom stereocenters. The van der Waals surface area contributed by atoms with Crippen molar-refractivity contribution < 1.29 is 13.2 Å². The zero-order valence-electron chi connectivity index (χ0n) is 13.2. The first kappa shape index (κ1) is 17.3. The average molecular weight is 342 g/mol. The maximum Gasteiger partial charge on any atom is 0.242 e. The summed E-state index contributed by atoms with van der Waals surface area (Å²) < 4.78 is 26.5. The largest absolute Gasteiger partial charge is 0.343 e. The summed E-state index contributed by atoms with van der Waals surface area (Å²) in [4.78, 5) is 14.8. The van der Waals surface area contributed by atoms with Gasteiger partial charge in [-0.25, -0.2) is 12.7 Å². The Morgan fingerprint density at radius 3 is 2.45 bits per heavy atom. The molecule has 1 fully saturated rings. The van der Waals surface area contributed by atoms with Crippen molar-refractivity contribution in [2.75, 3.05) is 32.9 Å². The highest BCUT2D eigenvalue weighted by Gasteiger charge is 2.32. The SMILES string of the molecule is CCN1C[C@H](CN(C)S(=O)(=O)c2ccc(SC)cc2)CC1=O. The second-order valence-electron chi connectivity index (χ2n) is 5.46. The van der Waals surface area contributed by atoms with Crippen LogP contribution in [0.4, 0.5) is 0 Å². The highest BCUT2D eigenvalue weighted by Crippen LogP contribution is 2.23. The molecule has 1 heterocycles. The van der Waals surface area contributed by atoms with Gasteiger partial charge in [0.1, 0.15) is 0 Å². The lowest BCUT2D eigenvalue weighted by atomic mass is 10.1. The number of sulfonamides is 1. The Morgan fingerprint density at radius 2 is 1.95 bits per heavy atom. The molecular formula is C15H22N2O3S2. The molecule has 7 heteroatoms. The lowest BCUT2D eigenvalue weighted by Gasteiger charge is -2.21. The van der Waals surface area contributed by atoms with E-state index >= 15 is 0 Å². The Morgan fingerprint density at radius 1 is 1.32 bits per heavy atom. The standard InChI is InChI=1S/C15H22N2O3S2/c1-4-17-11-12(9-15(17)18)10-16(2)22(19,20)14-7-5-13(21-3)6-8-14/h5-8,12H,4,9-11H2,1-3H3/t12-/m0/s1. The number of benzene rings is 1. The molecule has 0 aromatic heterocycles. The van der Waals surface area contributed by atoms with E-state index in [1.165, 1.54) is 4.31 Å². The minimum Gasteiger partial charge on any atom is -0.343 e. The van der Waals surface area contributed by atoms with Gasteiger partial charge in [-0.1, -0.05) is 0 Å². The minimum atomic E-state index is -3.50. The molecule has 0 spiro atoms. The smallest absolute Gasteiger partial charge is 0.242 e. The molecule has 2 rings (SSSR count). The lowest BCUT2D eigenvalue weighted by Crippen LogP contribution is -2.33. The Labute approximate surface area is 136 Å². The molecule has 1 aliphatic rings. The molecule has 1 amide bonds. The van der Waals surface area contributed by atoms with Crippen LogP contribution in [-0.2, 0) is 14.8 Å². The Kier molecular flexibility index (Phi) is 5.52. The zero-order valence-corrected chi connectivity index (χ0v) is 14.8. The molecule has 1 aliphatic heterocycles. The number of likely N-dealkylation sites (tertiary alicyclic amines) is 1. The highest BCUT2D eigenvalue weighted by molar-refractivity contribution is 7.98. The topological polar surface area (TPSA) is 57.7 Å². The van der Waals surface area contributed by atoms with E-state index in [0.29, 0.717) is 31.0 Å². The van der Waals surface area contributed by atoms with Crippen LogP contribution in [0, 0.1) is 5.92 Å². The lowest BCUT2D eigenvalue weighted by molar-refractivity contribution is -0.127. The third kappa shape index (κ3) is 3.64. The molecule has 122 valence electrons. The fraction of sp³-hybridized carbons (Fsp3) is 0.533. The minimum absolute atomic E-state index is 0.0673. The number of hydrogen-bond donors (Lipinski definition) is 0. The van der Waals surface area contributed by atoms with E-state index in [4.69, 9.17) is 0 Å². The number of rotatable bonds is 6. The van der Waals surface area contributed by atoms with Crippen LogP contribution in [0.2, 0.25) is 0 Å². The molecule has 1 aromatic carbocycles. The molecule has 0 bridgehead atoms. The van der Waals surface area contributed by atoms with Gasteiger partial charge in [0.15, 0.2) is 0 Å². The van der Waals surface area contributed by atoms with Gasteiger partial charge >= 0.3 is 0 Å². The summed E-state index contributed by atoms with van der Waals surface area (Å²) in [5.41, 5.74) is 0. The van der Waals surface area contributed by atoms with E-state index in [0.717, 1.165) is 4.90 Å². The van der Waals surface area contributed by atoms with Crippen molar-refractivity contribution in [1.29, 1.82) is 0 Å². The molecule has 22 heavy (non-hydrogen) atoms. The van der Waals surface area contributed by atoms with Gasteiger partial charge in [-0.3, -0.25) is 4.79 Å². The Balaban J connectivity index is 2.07. The number of carbonyl (C=O) groups excluding carboxylic acids is 1. The van der Waals surface area contributed by atoms with Gasteiger partial charge in [-0.05, 0) is 43.4 Å². The summed E-state index contributed by atoms with van der Waals surface area (Å²) in [5, 5.41) is 0. The van der Waals surface area contributed by atoms with E-state index in [9.17, 15) is 13.2 Å². The van der Waals surface area contributed by atoms with Crippen molar-refractivity contribution in [3.63, 3.8) is 0 Å². The number of carbonyl (C=O) groups is 1. The molecule has 0 saturated carbocycles. The van der Waals surface area contributed by atoms with Crippen molar-refractivity contribution in [2.24, 2.45) is 5.92 Å². The summed E-state index contributed by atoms with van der Waals surface area (Å²) >= 11 is 1.57. The highest BCUT2D eigenvalue weighted by atomic mass is 32.2. The third-order valence-corrected chi connectivity index (χ3v) is 6.54. The van der Waals surface area contributed by atoms with Gasteiger partial charge in [-0.15, -0.1) is 11.8 Å². The molecule has 1 atom stereocenters. The van der Waals surface area contributed by atoms with Crippen molar-refractivity contribution in [3.8, 4) is 0 Å². The second-order valence-corrected chi connectivity index (χ2v) is 8.39. The quantitative estimate of drug-likeness (QED) is 0.741. The van der Waals surface area contributed by atoms with Crippen LogP contribution in [0.1, 0.15) is 13.3 Å². The van der Waals surface area contributed by atoms with Crippen molar-refractivity contribution in [1.82, 2.24) is 9.21 Å². The van der Waals surface area contributed by atoms with E-state index in [2.05, 4.69) is 0 Å². The van der Waals surface area contributed by atoms with Crippen LogP contribution in [0.3, 0.4) is 0 Å². The maximum atomic E-state index is 12.6. The maximum absolute atomic E-state index is 12.6. The molecule has 0 aliphatic carbocycles. The van der Waals surface area contributed by atoms with E-state index in [1.807, 2.05) is 25.3 Å². The number of hydrogen-bond acceptors (Lipinski definition) is 4. The van der Waals surface area contributed by atoms with Crippen LogP contribution in [-0.4, -0.2) is 56.5 Å². The van der Waals surface area contributed by atoms with E-state index in [1.54, 1.807) is 35.8 Å². The van der Waals surface area contributed by atoms with Crippen LogP contribution in [0.5, 0.6) is 0 Å². The summed E-state index contributed by atoms with van der Waals surface area (Å²) in [7, 11) is -1.92. The number of nitrogens with zero attached hydrogens (tertiary/aromatic N) is 2. The van der Waals surface area contributed by atoms with Crippen molar-refractivity contribution >= 4 is 27.7 Å². The van der Waals surface area contributed by atoms with Crippen molar-refractivity contribution in [2.45, 2.75) is 23.1 Å². The van der Waals surface area contributed by atoms with Crippen LogP contribution in [0.15, 0.2) is 34.1 Å². The first-order valence-corrected chi connectivity index (χ1v) is 9.93. The summed E-state index contributed by atoms with van der Waals surface area (Å²) in [6, 6.07) is 6.89. The van der Waals surface area contributed by atoms with Gasteiger partial charge in [0.05, 0.1) is 4.90 Å². The zero-order chi connectivity index (χ0) is 16.3. The summed E-state index contributed by atoms with van der Waals surface area (Å²) in [6.07, 6.45) is 2.38. The predicted octanol–water partition coefficient (Wildman–Crippen LogP) is 1.90. The van der Waals surface area contributed by atoms with E-state index in [-0.39, 0.29) is 11.8 Å². The normalized spacial score (nSPS) is 19.2. The molecular weight excluding hydrogens is 320 g/mol. The van der Waals surface area contributed by atoms with Crippen LogP contribution < -0.4 is 0 Å². The first-order chi connectivity index (χ1) is 10.4. The van der Waals surface area contributed by atoms with Crippen molar-refractivity contribution in [3.05, 3.63) is 24.3 Å². The molecule has 5 nitrogen and oxygen atoms in total. The summed E-state index contributed by atoms with van der Waals surface area (Å²) in [5.74, 6) is 0.181. The van der Waals surface area contributed by atoms with Gasteiger partial charge < -0.3 is 4.90 Å². The molecule has 1 saturated heterocycles. The Hall–Kier alpha value is -1.05. The predicted molar refractivity (Wildman–Crippen MR) is 88.4 cm³/mol. The molecule has 0 radical (unpaired) electrons. The molecule has 0 N–H and O–H groups in total. The number of amides is 1. The average Bonchev–Trinajstić information content (AvgIpc) is 2.86. The van der Waals surface area contributed by atoms with Gasteiger partial charge in [0.2, 0.25) is 15.9 Å². The van der Waals surface area contributed by atoms with E-state index < -0.39 is 10.0 Å². The fourth-order valence-corrected chi connectivity index (χ4v) is 4.33. The molecule has 1 aromatic rings. The van der Waals surface area contributed by atoms with Gasteiger partial charge in [0, 0.05) is 38.0 Å². The monoisotopic (exact) mass is 342 g/mol. The first-order valence-electron chi connectivity index (χ1n) is 7.26. The van der Waals surface area contributed by atoms with Gasteiger partial charge in [0.25, 0.3) is 0 Å². The van der Waals surface area contributed by atoms with Gasteiger partial charge in [-0.2, -0.15) is 0 Å². The Bertz CT molecular complexity index is 629. The van der Waals surface area contributed by atoms with Crippen LogP contribution in [0.25, 0.3) is 0 Å². The second kappa shape index (κ2) is 7.02. The number of thioether (sulfide) groups is 1. The van der Waals surface area contributed by atoms with Crippen LogP contribution >= 0.6 is 11.8 Å². The fourth-order valence-electron chi connectivity index (χ4n) is 2.67. The third-order valence-electron chi connectivity index (χ3n) is 3.96.